The van der Waals surface area contributed by atoms with Crippen LogP contribution in [0.1, 0.15) is 11.1 Å². The average Bonchev–Trinajstić information content (AvgIpc) is 2.77. The maximum absolute atomic E-state index is 12.1. The molecule has 3 rings (SSSR count). The fraction of sp³-hybridized carbons (Fsp3) is 0.0870. The summed E-state index contributed by atoms with van der Waals surface area (Å²) in [5.74, 6) is -0.341. The van der Waals surface area contributed by atoms with Crippen molar-refractivity contribution in [3.8, 4) is 5.75 Å². The summed E-state index contributed by atoms with van der Waals surface area (Å²) in [6.07, 6.45) is 3.03. The van der Waals surface area contributed by atoms with Crippen molar-refractivity contribution in [1.82, 2.24) is 16.2 Å². The van der Waals surface area contributed by atoms with Crippen molar-refractivity contribution in [3.63, 3.8) is 0 Å². The third-order valence-corrected chi connectivity index (χ3v) is 5.81. The number of carbonyl (C=O) groups is 2. The van der Waals surface area contributed by atoms with Gasteiger partial charge >= 0.3 is 0 Å². The molecule has 0 saturated carbocycles. The highest BCUT2D eigenvalue weighted by molar-refractivity contribution is 9.11. The number of carbonyl (C=O) groups excluding carboxylic acids is 2. The summed E-state index contributed by atoms with van der Waals surface area (Å²) in [7, 11) is 0. The number of hydrazine groups is 1. The molecule has 0 heterocycles. The highest BCUT2D eigenvalue weighted by Crippen LogP contribution is 2.34. The van der Waals surface area contributed by atoms with Gasteiger partial charge in [-0.2, -0.15) is 0 Å². The van der Waals surface area contributed by atoms with Gasteiger partial charge in [0.25, 0.3) is 5.91 Å². The van der Waals surface area contributed by atoms with E-state index in [9.17, 15) is 9.59 Å². The number of nitrogens with one attached hydrogen (secondary N) is 3. The quantitative estimate of drug-likeness (QED) is 0.231. The smallest absolute Gasteiger partial charge is 0.276 e. The number of ether oxygens (including phenoxy) is 1. The van der Waals surface area contributed by atoms with Crippen LogP contribution in [-0.4, -0.2) is 23.5 Å². The monoisotopic (exact) mass is 575 g/mol. The van der Waals surface area contributed by atoms with Crippen molar-refractivity contribution in [2.24, 2.45) is 0 Å². The van der Waals surface area contributed by atoms with Gasteiger partial charge in [0.1, 0.15) is 5.75 Å². The number of hydrogen-bond donors (Lipinski definition) is 3. The Morgan fingerprint density at radius 1 is 1.03 bits per heavy atom. The fourth-order valence-corrected chi connectivity index (χ4v) is 3.83. The molecule has 3 aromatic rings. The first-order valence-corrected chi connectivity index (χ1v) is 11.5. The molecule has 3 N–H and O–H groups in total. The van der Waals surface area contributed by atoms with Crippen molar-refractivity contribution in [2.75, 3.05) is 6.61 Å². The third-order valence-electron chi connectivity index (χ3n) is 4.30. The Hall–Kier alpha value is -2.75. The lowest BCUT2D eigenvalue weighted by Gasteiger charge is -2.12. The SMILES string of the molecule is Cc1ccc(/C=C/C(=O)NC(=S)NNC(=O)COc2ccc3cc(Br)ccc3c2Br)cc1. The van der Waals surface area contributed by atoms with E-state index in [1.807, 2.05) is 55.5 Å². The van der Waals surface area contributed by atoms with Crippen molar-refractivity contribution in [1.29, 1.82) is 0 Å². The summed E-state index contributed by atoms with van der Waals surface area (Å²) in [5.41, 5.74) is 6.89. The van der Waals surface area contributed by atoms with E-state index in [-0.39, 0.29) is 11.7 Å². The first kappa shape index (κ1) is 23.9. The van der Waals surface area contributed by atoms with Crippen LogP contribution in [0.3, 0.4) is 0 Å². The van der Waals surface area contributed by atoms with E-state index in [2.05, 4.69) is 48.0 Å². The van der Waals surface area contributed by atoms with Crippen LogP contribution >= 0.6 is 44.1 Å². The molecule has 32 heavy (non-hydrogen) atoms. The lowest BCUT2D eigenvalue weighted by molar-refractivity contribution is -0.123. The second-order valence-electron chi connectivity index (χ2n) is 6.77. The van der Waals surface area contributed by atoms with Crippen molar-refractivity contribution in [2.45, 2.75) is 6.92 Å². The summed E-state index contributed by atoms with van der Waals surface area (Å²) in [6.45, 7) is 1.75. The molecule has 0 radical (unpaired) electrons. The van der Waals surface area contributed by atoms with E-state index < -0.39 is 11.8 Å². The van der Waals surface area contributed by atoms with Gasteiger partial charge in [0.05, 0.1) is 4.47 Å². The summed E-state index contributed by atoms with van der Waals surface area (Å²) < 4.78 is 7.33. The molecule has 3 aromatic carbocycles. The fourth-order valence-electron chi connectivity index (χ4n) is 2.69. The molecule has 0 atom stereocenters. The molecule has 0 bridgehead atoms. The number of amides is 2. The van der Waals surface area contributed by atoms with Gasteiger partial charge < -0.3 is 4.74 Å². The van der Waals surface area contributed by atoms with Gasteiger partial charge in [-0.25, -0.2) is 0 Å². The second-order valence-corrected chi connectivity index (χ2v) is 8.88. The third kappa shape index (κ3) is 6.88. The number of aryl methyl sites for hydroxylation is 1. The van der Waals surface area contributed by atoms with Gasteiger partial charge in [0, 0.05) is 10.5 Å². The van der Waals surface area contributed by atoms with Crippen molar-refractivity contribution >= 4 is 77.9 Å². The zero-order chi connectivity index (χ0) is 23.1. The highest BCUT2D eigenvalue weighted by Gasteiger charge is 2.10. The average molecular weight is 577 g/mol. The Morgan fingerprint density at radius 2 is 1.78 bits per heavy atom. The van der Waals surface area contributed by atoms with E-state index in [0.29, 0.717) is 5.75 Å². The number of rotatable bonds is 5. The Balaban J connectivity index is 1.44. The summed E-state index contributed by atoms with van der Waals surface area (Å²) in [5, 5.41) is 4.41. The van der Waals surface area contributed by atoms with Crippen LogP contribution < -0.4 is 20.9 Å². The van der Waals surface area contributed by atoms with E-state index in [0.717, 1.165) is 30.8 Å². The van der Waals surface area contributed by atoms with E-state index in [1.54, 1.807) is 12.1 Å². The zero-order valence-electron chi connectivity index (χ0n) is 16.9. The van der Waals surface area contributed by atoms with Crippen molar-refractivity contribution < 1.29 is 14.3 Å². The molecule has 6 nitrogen and oxygen atoms in total. The van der Waals surface area contributed by atoms with Gasteiger partial charge in [0.2, 0.25) is 5.91 Å². The Labute approximate surface area is 207 Å². The van der Waals surface area contributed by atoms with Crippen LogP contribution in [0.25, 0.3) is 16.8 Å². The first-order chi connectivity index (χ1) is 15.3. The first-order valence-electron chi connectivity index (χ1n) is 9.47. The summed E-state index contributed by atoms with van der Waals surface area (Å²) in [6, 6.07) is 17.3. The minimum atomic E-state index is -0.459. The lowest BCUT2D eigenvalue weighted by atomic mass is 10.1. The largest absolute Gasteiger partial charge is 0.483 e. The number of fused-ring (bicyclic) bond motifs is 1. The minimum absolute atomic E-state index is 0.0330. The van der Waals surface area contributed by atoms with Crippen LogP contribution in [0.2, 0.25) is 0 Å². The normalized spacial score (nSPS) is 10.7. The van der Waals surface area contributed by atoms with Gasteiger partial charge in [0.15, 0.2) is 11.7 Å². The topological polar surface area (TPSA) is 79.5 Å². The standard InChI is InChI=1S/C23H19Br2N3O3S/c1-14-2-4-15(5-3-14)6-11-20(29)26-23(32)28-27-21(30)13-31-19-10-7-16-12-17(24)8-9-18(16)22(19)25/h2-12H,13H2,1H3,(H,27,30)(H2,26,28,29,32)/b11-6+. The van der Waals surface area contributed by atoms with Gasteiger partial charge in [-0.05, 0) is 75.7 Å². The molecule has 0 aromatic heterocycles. The van der Waals surface area contributed by atoms with E-state index >= 15 is 0 Å². The number of hydrogen-bond acceptors (Lipinski definition) is 4. The minimum Gasteiger partial charge on any atom is -0.483 e. The van der Waals surface area contributed by atoms with Crippen LogP contribution in [0.5, 0.6) is 5.75 Å². The maximum atomic E-state index is 12.1. The maximum Gasteiger partial charge on any atom is 0.276 e. The number of halogens is 2. The number of benzene rings is 3. The zero-order valence-corrected chi connectivity index (χ0v) is 20.9. The predicted molar refractivity (Wildman–Crippen MR) is 137 cm³/mol. The van der Waals surface area contributed by atoms with E-state index in [1.165, 1.54) is 6.08 Å². The Kier molecular flexibility index (Phi) is 8.38. The summed E-state index contributed by atoms with van der Waals surface area (Å²) >= 11 is 12.0. The Morgan fingerprint density at radius 3 is 2.53 bits per heavy atom. The molecule has 0 spiro atoms. The van der Waals surface area contributed by atoms with Crippen LogP contribution in [0, 0.1) is 6.92 Å². The van der Waals surface area contributed by atoms with Crippen LogP contribution in [0.15, 0.2) is 69.6 Å². The molecule has 2 amide bonds. The molecule has 0 aliphatic rings. The molecule has 0 aliphatic carbocycles. The van der Waals surface area contributed by atoms with Gasteiger partial charge in [-0.1, -0.05) is 57.9 Å². The summed E-state index contributed by atoms with van der Waals surface area (Å²) in [4.78, 5) is 24.0. The second kappa shape index (κ2) is 11.2. The molecule has 9 heteroatoms. The molecular weight excluding hydrogens is 558 g/mol. The van der Waals surface area contributed by atoms with Gasteiger partial charge in [-0.15, -0.1) is 0 Å². The molecular formula is C23H19Br2N3O3S. The molecule has 0 aliphatic heterocycles. The van der Waals surface area contributed by atoms with Crippen molar-refractivity contribution in [3.05, 3.63) is 80.7 Å². The molecule has 0 unspecified atom stereocenters. The molecule has 0 fully saturated rings. The highest BCUT2D eigenvalue weighted by atomic mass is 79.9. The lowest BCUT2D eigenvalue weighted by Crippen LogP contribution is -2.49. The van der Waals surface area contributed by atoms with E-state index in [4.69, 9.17) is 17.0 Å². The molecule has 164 valence electrons. The van der Waals surface area contributed by atoms with Gasteiger partial charge in [-0.3, -0.25) is 25.8 Å². The predicted octanol–water partition coefficient (Wildman–Crippen LogP) is 4.79. The molecule has 0 saturated heterocycles. The Bertz CT molecular complexity index is 1200. The van der Waals surface area contributed by atoms with Crippen LogP contribution in [-0.2, 0) is 9.59 Å². The van der Waals surface area contributed by atoms with Crippen LogP contribution in [0.4, 0.5) is 0 Å². The number of thiocarbonyl (C=S) groups is 1.